The van der Waals surface area contributed by atoms with Crippen molar-refractivity contribution in [1.29, 1.82) is 0 Å². The van der Waals surface area contributed by atoms with Crippen LogP contribution in [0, 0.1) is 0 Å². The van der Waals surface area contributed by atoms with Crippen molar-refractivity contribution in [2.75, 3.05) is 0 Å². The van der Waals surface area contributed by atoms with E-state index in [2.05, 4.69) is 27.5 Å². The highest BCUT2D eigenvalue weighted by Crippen LogP contribution is 2.35. The maximum Gasteiger partial charge on any atom is 0.238 e. The molecule has 5 nitrogen and oxygen atoms in total. The topological polar surface area (TPSA) is 59.8 Å². The van der Waals surface area contributed by atoms with E-state index in [9.17, 15) is 4.79 Å². The summed E-state index contributed by atoms with van der Waals surface area (Å²) in [5.74, 6) is 0.00162. The highest BCUT2D eigenvalue weighted by Gasteiger charge is 2.21. The number of hydrogen-bond donors (Lipinski definition) is 1. The first-order chi connectivity index (χ1) is 14.8. The quantitative estimate of drug-likeness (QED) is 0.432. The Balaban J connectivity index is 1.41. The molecule has 0 saturated heterocycles. The number of carbonyl (C=O) groups is 1. The van der Waals surface area contributed by atoms with E-state index in [0.717, 1.165) is 21.6 Å². The molecule has 1 heterocycles. The maximum absolute atomic E-state index is 13.0. The minimum Gasteiger partial charge on any atom is -0.351 e. The lowest BCUT2D eigenvalue weighted by Gasteiger charge is -2.17. The maximum atomic E-state index is 13.0. The molecule has 0 radical (unpaired) electrons. The van der Waals surface area contributed by atoms with Gasteiger partial charge in [-0.1, -0.05) is 72.8 Å². The molecular weight excluding hydrogens is 392 g/mol. The second kappa shape index (κ2) is 9.89. The number of amides is 1. The number of aromatic nitrogens is 3. The van der Waals surface area contributed by atoms with Gasteiger partial charge in [0.2, 0.25) is 5.91 Å². The molecule has 3 aromatic carbocycles. The number of hydrogen-bond acceptors (Lipinski definition) is 4. The molecule has 1 aromatic heterocycles. The summed E-state index contributed by atoms with van der Waals surface area (Å²) >= 11 is 1.56. The van der Waals surface area contributed by atoms with Gasteiger partial charge >= 0.3 is 0 Å². The predicted octanol–water partition coefficient (Wildman–Crippen LogP) is 4.48. The number of thioether (sulfide) groups is 1. The van der Waals surface area contributed by atoms with Gasteiger partial charge in [0, 0.05) is 11.4 Å². The average Bonchev–Trinajstić information content (AvgIpc) is 3.31. The van der Waals surface area contributed by atoms with Gasteiger partial charge < -0.3 is 5.32 Å². The largest absolute Gasteiger partial charge is 0.351 e. The molecule has 1 unspecified atom stereocenters. The summed E-state index contributed by atoms with van der Waals surface area (Å²) in [5, 5.41) is 6.91. The van der Waals surface area contributed by atoms with Gasteiger partial charge in [-0.25, -0.2) is 9.67 Å². The summed E-state index contributed by atoms with van der Waals surface area (Å²) in [5.41, 5.74) is 3.19. The molecular formula is C24H22N4OS. The summed E-state index contributed by atoms with van der Waals surface area (Å²) in [6, 6.07) is 28.1. The zero-order chi connectivity index (χ0) is 20.6. The zero-order valence-corrected chi connectivity index (χ0v) is 17.2. The van der Waals surface area contributed by atoms with Crippen molar-refractivity contribution in [3.8, 4) is 0 Å². The van der Waals surface area contributed by atoms with Crippen molar-refractivity contribution >= 4 is 17.7 Å². The van der Waals surface area contributed by atoms with Crippen LogP contribution >= 0.6 is 11.8 Å². The number of benzene rings is 3. The summed E-state index contributed by atoms with van der Waals surface area (Å²) in [6.07, 6.45) is 3.22. The monoisotopic (exact) mass is 414 g/mol. The minimum absolute atomic E-state index is 0.00162. The van der Waals surface area contributed by atoms with Crippen LogP contribution in [0.5, 0.6) is 0 Å². The molecule has 0 aliphatic heterocycles. The summed E-state index contributed by atoms with van der Waals surface area (Å²) in [7, 11) is 0. The van der Waals surface area contributed by atoms with E-state index >= 15 is 0 Å². The molecule has 0 spiro atoms. The van der Waals surface area contributed by atoms with Crippen molar-refractivity contribution in [1.82, 2.24) is 20.1 Å². The van der Waals surface area contributed by atoms with Crippen molar-refractivity contribution in [3.05, 3.63) is 114 Å². The molecule has 150 valence electrons. The molecule has 0 fully saturated rings. The molecule has 1 N–H and O–H groups in total. The van der Waals surface area contributed by atoms with Gasteiger partial charge in [-0.05, 0) is 28.8 Å². The van der Waals surface area contributed by atoms with Crippen LogP contribution in [0.2, 0.25) is 0 Å². The Labute approximate surface area is 180 Å². The van der Waals surface area contributed by atoms with Gasteiger partial charge in [0.05, 0.1) is 6.54 Å². The lowest BCUT2D eigenvalue weighted by atomic mass is 10.1. The second-order valence-electron chi connectivity index (χ2n) is 6.85. The molecule has 1 amide bonds. The van der Waals surface area contributed by atoms with Crippen LogP contribution in [-0.4, -0.2) is 20.7 Å². The number of nitrogens with zero attached hydrogens (tertiary/aromatic N) is 3. The normalized spacial score (nSPS) is 11.7. The third kappa shape index (κ3) is 5.36. The van der Waals surface area contributed by atoms with Crippen LogP contribution in [0.15, 0.2) is 102 Å². The highest BCUT2D eigenvalue weighted by atomic mass is 32.2. The van der Waals surface area contributed by atoms with Crippen molar-refractivity contribution < 1.29 is 4.79 Å². The molecule has 0 aliphatic carbocycles. The first kappa shape index (κ1) is 19.9. The van der Waals surface area contributed by atoms with E-state index in [-0.39, 0.29) is 11.2 Å². The van der Waals surface area contributed by atoms with E-state index in [4.69, 9.17) is 0 Å². The van der Waals surface area contributed by atoms with E-state index in [1.807, 2.05) is 72.8 Å². The molecule has 30 heavy (non-hydrogen) atoms. The smallest absolute Gasteiger partial charge is 0.238 e. The van der Waals surface area contributed by atoms with E-state index in [1.54, 1.807) is 22.8 Å². The van der Waals surface area contributed by atoms with Crippen LogP contribution in [-0.2, 0) is 17.9 Å². The summed E-state index contributed by atoms with van der Waals surface area (Å²) in [4.78, 5) is 18.1. The average molecular weight is 415 g/mol. The van der Waals surface area contributed by atoms with Crippen LogP contribution in [0.1, 0.15) is 21.9 Å². The van der Waals surface area contributed by atoms with Gasteiger partial charge in [-0.2, -0.15) is 5.10 Å². The standard InChI is InChI=1S/C24H22N4OS/c29-24(23(21-7-3-1-4-8-21)30-22-9-5-2-6-10-22)26-15-19-11-13-20(14-12-19)16-28-18-25-17-27-28/h1-14,17-18,23H,15-16H2,(H,26,29). The SMILES string of the molecule is O=C(NCc1ccc(Cn2cncn2)cc1)C(Sc1ccccc1)c1ccccc1. The third-order valence-corrected chi connectivity index (χ3v) is 5.90. The van der Waals surface area contributed by atoms with Crippen molar-refractivity contribution in [2.45, 2.75) is 23.2 Å². The molecule has 0 saturated carbocycles. The zero-order valence-electron chi connectivity index (χ0n) is 16.4. The van der Waals surface area contributed by atoms with Gasteiger partial charge in [-0.15, -0.1) is 11.8 Å². The van der Waals surface area contributed by atoms with Gasteiger partial charge in [0.1, 0.15) is 17.9 Å². The third-order valence-electron chi connectivity index (χ3n) is 4.64. The number of rotatable bonds is 8. The Hall–Kier alpha value is -3.38. The first-order valence-corrected chi connectivity index (χ1v) is 10.6. The fraction of sp³-hybridized carbons (Fsp3) is 0.125. The van der Waals surface area contributed by atoms with Gasteiger partial charge in [0.25, 0.3) is 0 Å². The molecule has 1 atom stereocenters. The minimum atomic E-state index is -0.305. The Morgan fingerprint density at radius 2 is 1.57 bits per heavy atom. The van der Waals surface area contributed by atoms with Gasteiger partial charge in [-0.3, -0.25) is 4.79 Å². The Morgan fingerprint density at radius 1 is 0.900 bits per heavy atom. The number of nitrogens with one attached hydrogen (secondary N) is 1. The molecule has 0 bridgehead atoms. The molecule has 4 aromatic rings. The fourth-order valence-electron chi connectivity index (χ4n) is 3.08. The van der Waals surface area contributed by atoms with Crippen LogP contribution < -0.4 is 5.32 Å². The Morgan fingerprint density at radius 3 is 2.23 bits per heavy atom. The molecule has 4 rings (SSSR count). The Kier molecular flexibility index (Phi) is 6.57. The van der Waals surface area contributed by atoms with E-state index in [1.165, 1.54) is 6.33 Å². The molecule has 6 heteroatoms. The van der Waals surface area contributed by atoms with Crippen LogP contribution in [0.3, 0.4) is 0 Å². The highest BCUT2D eigenvalue weighted by molar-refractivity contribution is 8.00. The second-order valence-corrected chi connectivity index (χ2v) is 8.03. The first-order valence-electron chi connectivity index (χ1n) is 9.72. The predicted molar refractivity (Wildman–Crippen MR) is 119 cm³/mol. The van der Waals surface area contributed by atoms with Crippen LogP contribution in [0.4, 0.5) is 0 Å². The summed E-state index contributed by atoms with van der Waals surface area (Å²) < 4.78 is 1.78. The lowest BCUT2D eigenvalue weighted by molar-refractivity contribution is -0.120. The van der Waals surface area contributed by atoms with E-state index < -0.39 is 0 Å². The van der Waals surface area contributed by atoms with E-state index in [0.29, 0.717) is 13.1 Å². The fourth-order valence-corrected chi connectivity index (χ4v) is 4.15. The van der Waals surface area contributed by atoms with Gasteiger partial charge in [0.15, 0.2) is 0 Å². The molecule has 0 aliphatic rings. The van der Waals surface area contributed by atoms with Crippen LogP contribution in [0.25, 0.3) is 0 Å². The lowest BCUT2D eigenvalue weighted by Crippen LogP contribution is -2.27. The summed E-state index contributed by atoms with van der Waals surface area (Å²) in [6.45, 7) is 1.16. The van der Waals surface area contributed by atoms with Crippen molar-refractivity contribution in [2.24, 2.45) is 0 Å². The Bertz CT molecular complexity index is 1050. The number of carbonyl (C=O) groups excluding carboxylic acids is 1. The van der Waals surface area contributed by atoms with Crippen molar-refractivity contribution in [3.63, 3.8) is 0 Å².